The molecule has 0 saturated carbocycles. The largest absolute Gasteiger partial charge is 0.397 e. The molecular formula is C13H16N4OS. The van der Waals surface area contributed by atoms with E-state index in [0.29, 0.717) is 16.4 Å². The third kappa shape index (κ3) is 2.85. The monoisotopic (exact) mass is 276 g/mol. The fourth-order valence-corrected chi connectivity index (χ4v) is 2.44. The lowest BCUT2D eigenvalue weighted by Crippen LogP contribution is -2.12. The second kappa shape index (κ2) is 5.27. The Hall–Kier alpha value is -2.08. The van der Waals surface area contributed by atoms with Crippen molar-refractivity contribution >= 4 is 33.8 Å². The van der Waals surface area contributed by atoms with Crippen LogP contribution in [0, 0.1) is 13.8 Å². The van der Waals surface area contributed by atoms with E-state index in [1.165, 1.54) is 11.3 Å². The number of nitrogens with two attached hydrogens (primary N) is 1. The molecule has 2 rings (SSSR count). The summed E-state index contributed by atoms with van der Waals surface area (Å²) in [6.45, 7) is 3.89. The van der Waals surface area contributed by atoms with Gasteiger partial charge in [-0.2, -0.15) is 0 Å². The number of nitrogens with one attached hydrogen (secondary N) is 2. The minimum absolute atomic E-state index is 0.205. The molecule has 1 heterocycles. The van der Waals surface area contributed by atoms with Gasteiger partial charge < -0.3 is 11.1 Å². The first-order valence-corrected chi connectivity index (χ1v) is 6.65. The lowest BCUT2D eigenvalue weighted by molar-refractivity contribution is 0.102. The van der Waals surface area contributed by atoms with Crippen molar-refractivity contribution in [1.29, 1.82) is 0 Å². The van der Waals surface area contributed by atoms with Crippen LogP contribution in [-0.4, -0.2) is 17.9 Å². The maximum absolute atomic E-state index is 12.1. The first-order chi connectivity index (χ1) is 9.01. The number of thiazole rings is 1. The van der Waals surface area contributed by atoms with Crippen LogP contribution in [0.25, 0.3) is 0 Å². The fourth-order valence-electron chi connectivity index (χ4n) is 1.63. The first-order valence-electron chi connectivity index (χ1n) is 5.84. The number of amides is 1. The molecule has 0 radical (unpaired) electrons. The molecule has 0 saturated heterocycles. The Morgan fingerprint density at radius 2 is 2.11 bits per heavy atom. The maximum Gasteiger partial charge on any atom is 0.257 e. The second-order valence-electron chi connectivity index (χ2n) is 4.17. The fraction of sp³-hybridized carbons (Fsp3) is 0.231. The number of anilines is 3. The molecule has 2 aromatic rings. The summed E-state index contributed by atoms with van der Waals surface area (Å²) in [5.74, 6) is -0.205. The number of carbonyl (C=O) groups is 1. The van der Waals surface area contributed by atoms with E-state index in [0.717, 1.165) is 16.3 Å². The number of aromatic nitrogens is 1. The van der Waals surface area contributed by atoms with E-state index in [2.05, 4.69) is 15.6 Å². The molecule has 0 bridgehead atoms. The highest BCUT2D eigenvalue weighted by molar-refractivity contribution is 7.15. The van der Waals surface area contributed by atoms with Crippen LogP contribution in [-0.2, 0) is 0 Å². The lowest BCUT2D eigenvalue weighted by atomic mass is 10.1. The van der Waals surface area contributed by atoms with Gasteiger partial charge in [0.25, 0.3) is 5.91 Å². The van der Waals surface area contributed by atoms with E-state index < -0.39 is 0 Å². The molecule has 0 spiro atoms. The van der Waals surface area contributed by atoms with Gasteiger partial charge in [0.15, 0.2) is 5.13 Å². The first kappa shape index (κ1) is 13.4. The SMILES string of the molecule is CNc1ccc(C(=O)Nc2nc(C)c(C)s2)cc1N. The van der Waals surface area contributed by atoms with Crippen molar-refractivity contribution in [2.75, 3.05) is 23.4 Å². The van der Waals surface area contributed by atoms with Crippen molar-refractivity contribution in [1.82, 2.24) is 4.98 Å². The number of carbonyl (C=O) groups excluding carboxylic acids is 1. The third-order valence-electron chi connectivity index (χ3n) is 2.83. The lowest BCUT2D eigenvalue weighted by Gasteiger charge is -2.07. The summed E-state index contributed by atoms with van der Waals surface area (Å²) in [5, 5.41) is 6.34. The highest BCUT2D eigenvalue weighted by atomic mass is 32.1. The highest BCUT2D eigenvalue weighted by Gasteiger charge is 2.11. The predicted molar refractivity (Wildman–Crippen MR) is 79.9 cm³/mol. The summed E-state index contributed by atoms with van der Waals surface area (Å²) in [7, 11) is 1.78. The third-order valence-corrected chi connectivity index (χ3v) is 3.82. The summed E-state index contributed by atoms with van der Waals surface area (Å²) >= 11 is 1.46. The minimum Gasteiger partial charge on any atom is -0.397 e. The zero-order chi connectivity index (χ0) is 14.0. The number of aryl methyl sites for hydroxylation is 2. The molecule has 19 heavy (non-hydrogen) atoms. The van der Waals surface area contributed by atoms with Crippen LogP contribution < -0.4 is 16.4 Å². The summed E-state index contributed by atoms with van der Waals surface area (Å²) in [5.41, 5.74) is 8.63. The molecule has 0 aliphatic rings. The predicted octanol–water partition coefficient (Wildman–Crippen LogP) is 2.64. The molecule has 0 aliphatic carbocycles. The van der Waals surface area contributed by atoms with Gasteiger partial charge in [0.2, 0.25) is 0 Å². The molecule has 100 valence electrons. The summed E-state index contributed by atoms with van der Waals surface area (Å²) in [4.78, 5) is 17.4. The van der Waals surface area contributed by atoms with Crippen molar-refractivity contribution in [3.8, 4) is 0 Å². The van der Waals surface area contributed by atoms with E-state index in [4.69, 9.17) is 5.73 Å². The van der Waals surface area contributed by atoms with Crippen LogP contribution in [0.1, 0.15) is 20.9 Å². The average Bonchev–Trinajstić information content (AvgIpc) is 2.68. The van der Waals surface area contributed by atoms with Crippen molar-refractivity contribution in [3.05, 3.63) is 34.3 Å². The molecule has 1 aromatic heterocycles. The quantitative estimate of drug-likeness (QED) is 0.753. The molecule has 1 amide bonds. The number of hydrogen-bond acceptors (Lipinski definition) is 5. The zero-order valence-corrected chi connectivity index (χ0v) is 11.9. The van der Waals surface area contributed by atoms with Gasteiger partial charge in [-0.25, -0.2) is 4.98 Å². The van der Waals surface area contributed by atoms with Gasteiger partial charge in [0.05, 0.1) is 17.1 Å². The summed E-state index contributed by atoms with van der Waals surface area (Å²) in [6, 6.07) is 5.15. The van der Waals surface area contributed by atoms with Crippen molar-refractivity contribution in [2.24, 2.45) is 0 Å². The Bertz CT molecular complexity index is 602. The van der Waals surface area contributed by atoms with E-state index in [1.54, 1.807) is 25.2 Å². The van der Waals surface area contributed by atoms with Crippen LogP contribution in [0.2, 0.25) is 0 Å². The van der Waals surface area contributed by atoms with Gasteiger partial charge in [-0.3, -0.25) is 10.1 Å². The molecule has 6 heteroatoms. The van der Waals surface area contributed by atoms with Crippen molar-refractivity contribution in [3.63, 3.8) is 0 Å². The zero-order valence-electron chi connectivity index (χ0n) is 11.1. The molecule has 1 aromatic carbocycles. The minimum atomic E-state index is -0.205. The standard InChI is InChI=1S/C13H16N4OS/c1-7-8(2)19-13(16-7)17-12(18)9-4-5-11(15-3)10(14)6-9/h4-6,15H,14H2,1-3H3,(H,16,17,18). The molecule has 0 atom stereocenters. The number of nitrogen functional groups attached to an aromatic ring is 1. The molecule has 0 unspecified atom stereocenters. The van der Waals surface area contributed by atoms with Crippen molar-refractivity contribution < 1.29 is 4.79 Å². The summed E-state index contributed by atoms with van der Waals surface area (Å²) < 4.78 is 0. The number of rotatable bonds is 3. The topological polar surface area (TPSA) is 80.0 Å². The highest BCUT2D eigenvalue weighted by Crippen LogP contribution is 2.23. The van der Waals surface area contributed by atoms with Gasteiger partial charge >= 0.3 is 0 Å². The van der Waals surface area contributed by atoms with Crippen LogP contribution in [0.5, 0.6) is 0 Å². The molecule has 4 N–H and O–H groups in total. The number of benzene rings is 1. The van der Waals surface area contributed by atoms with Crippen LogP contribution in [0.4, 0.5) is 16.5 Å². The smallest absolute Gasteiger partial charge is 0.257 e. The average molecular weight is 276 g/mol. The summed E-state index contributed by atoms with van der Waals surface area (Å²) in [6.07, 6.45) is 0. The number of hydrogen-bond donors (Lipinski definition) is 3. The Morgan fingerprint density at radius 1 is 1.37 bits per heavy atom. The van der Waals surface area contributed by atoms with Gasteiger partial charge in [-0.1, -0.05) is 0 Å². The van der Waals surface area contributed by atoms with Gasteiger partial charge in [-0.15, -0.1) is 11.3 Å². The van der Waals surface area contributed by atoms with Crippen molar-refractivity contribution in [2.45, 2.75) is 13.8 Å². The molecular weight excluding hydrogens is 260 g/mol. The molecule has 5 nitrogen and oxygen atoms in total. The van der Waals surface area contributed by atoms with E-state index in [1.807, 2.05) is 13.8 Å². The van der Waals surface area contributed by atoms with Crippen LogP contribution in [0.15, 0.2) is 18.2 Å². The number of nitrogens with zero attached hydrogens (tertiary/aromatic N) is 1. The van der Waals surface area contributed by atoms with E-state index >= 15 is 0 Å². The van der Waals surface area contributed by atoms with E-state index in [9.17, 15) is 4.79 Å². The van der Waals surface area contributed by atoms with Gasteiger partial charge in [0, 0.05) is 17.5 Å². The van der Waals surface area contributed by atoms with Crippen LogP contribution in [0.3, 0.4) is 0 Å². The Balaban J connectivity index is 2.18. The van der Waals surface area contributed by atoms with Gasteiger partial charge in [-0.05, 0) is 32.0 Å². The van der Waals surface area contributed by atoms with E-state index in [-0.39, 0.29) is 5.91 Å². The Kier molecular flexibility index (Phi) is 3.71. The maximum atomic E-state index is 12.1. The Labute approximate surface area is 115 Å². The van der Waals surface area contributed by atoms with Gasteiger partial charge in [0.1, 0.15) is 0 Å². The Morgan fingerprint density at radius 3 is 2.63 bits per heavy atom. The normalized spacial score (nSPS) is 10.3. The van der Waals surface area contributed by atoms with Crippen LogP contribution >= 0.6 is 11.3 Å². The molecule has 0 fully saturated rings. The molecule has 0 aliphatic heterocycles. The second-order valence-corrected chi connectivity index (χ2v) is 5.37.